The van der Waals surface area contributed by atoms with Crippen molar-refractivity contribution in [1.29, 1.82) is 0 Å². The van der Waals surface area contributed by atoms with Gasteiger partial charge in [0.15, 0.2) is 0 Å². The van der Waals surface area contributed by atoms with Gasteiger partial charge in [0, 0.05) is 17.9 Å². The third kappa shape index (κ3) is 3.57. The minimum Gasteiger partial charge on any atom is -0.335 e. The molecular formula is C15H20BrF2NO. The number of amides is 1. The fraction of sp³-hybridized carbons (Fsp3) is 0.533. The Balaban J connectivity index is 3.22. The Morgan fingerprint density at radius 2 is 1.90 bits per heavy atom. The Bertz CT molecular complexity index is 475. The Kier molecular flexibility index (Phi) is 6.59. The molecular weight excluding hydrogens is 328 g/mol. The summed E-state index contributed by atoms with van der Waals surface area (Å²) in [5, 5.41) is 0.574. The third-order valence-electron chi connectivity index (χ3n) is 3.47. The molecule has 1 aromatic rings. The van der Waals surface area contributed by atoms with Crippen LogP contribution in [0.3, 0.4) is 0 Å². The van der Waals surface area contributed by atoms with Crippen molar-refractivity contribution in [3.8, 4) is 0 Å². The molecule has 0 saturated carbocycles. The molecule has 2 nitrogen and oxygen atoms in total. The second-order valence-corrected chi connectivity index (χ2v) is 5.50. The van der Waals surface area contributed by atoms with E-state index in [0.29, 0.717) is 11.9 Å². The molecule has 0 fully saturated rings. The maximum absolute atomic E-state index is 14.1. The van der Waals surface area contributed by atoms with Gasteiger partial charge in [-0.05, 0) is 31.4 Å². The summed E-state index contributed by atoms with van der Waals surface area (Å²) < 4.78 is 27.9. The van der Waals surface area contributed by atoms with Gasteiger partial charge in [-0.2, -0.15) is 0 Å². The van der Waals surface area contributed by atoms with Gasteiger partial charge in [-0.25, -0.2) is 8.78 Å². The Morgan fingerprint density at radius 3 is 2.40 bits per heavy atom. The van der Waals surface area contributed by atoms with Crippen LogP contribution in [-0.4, -0.2) is 28.7 Å². The molecule has 20 heavy (non-hydrogen) atoms. The van der Waals surface area contributed by atoms with Gasteiger partial charge in [-0.15, -0.1) is 0 Å². The SMILES string of the molecule is CCC(CC)N(CCBr)C(=O)c1c(F)ccc(C)c1F. The first-order valence-corrected chi connectivity index (χ1v) is 7.91. The number of nitrogens with zero attached hydrogens (tertiary/aromatic N) is 1. The molecule has 0 radical (unpaired) electrons. The normalized spacial score (nSPS) is 10.9. The number of aryl methyl sites for hydroxylation is 1. The van der Waals surface area contributed by atoms with E-state index in [-0.39, 0.29) is 11.6 Å². The predicted octanol–water partition coefficient (Wildman–Crippen LogP) is 4.30. The van der Waals surface area contributed by atoms with Crippen molar-refractivity contribution in [3.05, 3.63) is 34.9 Å². The highest BCUT2D eigenvalue weighted by Gasteiger charge is 2.27. The number of hydrogen-bond donors (Lipinski definition) is 0. The van der Waals surface area contributed by atoms with E-state index in [2.05, 4.69) is 15.9 Å². The molecule has 0 heterocycles. The first-order valence-electron chi connectivity index (χ1n) is 6.79. The van der Waals surface area contributed by atoms with Crippen molar-refractivity contribution < 1.29 is 13.6 Å². The first-order chi connectivity index (χ1) is 9.47. The molecule has 0 aliphatic carbocycles. The van der Waals surface area contributed by atoms with Crippen LogP contribution in [0.2, 0.25) is 0 Å². The van der Waals surface area contributed by atoms with Crippen molar-refractivity contribution in [2.24, 2.45) is 0 Å². The van der Waals surface area contributed by atoms with Crippen LogP contribution in [0.4, 0.5) is 8.78 Å². The first kappa shape index (κ1) is 17.1. The Morgan fingerprint density at radius 1 is 1.30 bits per heavy atom. The highest BCUT2D eigenvalue weighted by Crippen LogP contribution is 2.21. The molecule has 0 atom stereocenters. The summed E-state index contributed by atoms with van der Waals surface area (Å²) in [4.78, 5) is 14.1. The molecule has 1 rings (SSSR count). The van der Waals surface area contributed by atoms with E-state index < -0.39 is 23.1 Å². The second-order valence-electron chi connectivity index (χ2n) is 4.71. The smallest absolute Gasteiger partial charge is 0.260 e. The highest BCUT2D eigenvalue weighted by molar-refractivity contribution is 9.09. The molecule has 112 valence electrons. The van der Waals surface area contributed by atoms with Gasteiger partial charge in [0.05, 0.1) is 0 Å². The highest BCUT2D eigenvalue weighted by atomic mass is 79.9. The largest absolute Gasteiger partial charge is 0.335 e. The molecule has 0 aliphatic rings. The molecule has 0 spiro atoms. The lowest BCUT2D eigenvalue weighted by Crippen LogP contribution is -2.41. The van der Waals surface area contributed by atoms with Crippen LogP contribution in [0.1, 0.15) is 42.6 Å². The maximum atomic E-state index is 14.1. The fourth-order valence-electron chi connectivity index (χ4n) is 2.27. The number of rotatable bonds is 6. The van der Waals surface area contributed by atoms with Crippen LogP contribution >= 0.6 is 15.9 Å². The summed E-state index contributed by atoms with van der Waals surface area (Å²) in [7, 11) is 0. The molecule has 0 unspecified atom stereocenters. The maximum Gasteiger partial charge on any atom is 0.260 e. The molecule has 0 aromatic heterocycles. The van der Waals surface area contributed by atoms with E-state index in [1.165, 1.54) is 13.0 Å². The van der Waals surface area contributed by atoms with Crippen LogP contribution in [-0.2, 0) is 0 Å². The zero-order valence-corrected chi connectivity index (χ0v) is 13.6. The Labute approximate surface area is 127 Å². The van der Waals surface area contributed by atoms with Crippen LogP contribution < -0.4 is 0 Å². The van der Waals surface area contributed by atoms with Crippen LogP contribution in [0, 0.1) is 18.6 Å². The monoisotopic (exact) mass is 347 g/mol. The molecule has 0 N–H and O–H groups in total. The minimum absolute atomic E-state index is 0.0145. The van der Waals surface area contributed by atoms with Crippen molar-refractivity contribution in [1.82, 2.24) is 4.90 Å². The fourth-order valence-corrected chi connectivity index (χ4v) is 2.65. The average molecular weight is 348 g/mol. The van der Waals surface area contributed by atoms with E-state index in [4.69, 9.17) is 0 Å². The van der Waals surface area contributed by atoms with Crippen LogP contribution in [0.5, 0.6) is 0 Å². The van der Waals surface area contributed by atoms with E-state index in [1.807, 2.05) is 13.8 Å². The summed E-state index contributed by atoms with van der Waals surface area (Å²) >= 11 is 3.29. The summed E-state index contributed by atoms with van der Waals surface area (Å²) in [6.45, 7) is 5.88. The number of benzene rings is 1. The second kappa shape index (κ2) is 7.72. The van der Waals surface area contributed by atoms with E-state index in [9.17, 15) is 13.6 Å². The Hall–Kier alpha value is -0.970. The van der Waals surface area contributed by atoms with E-state index in [1.54, 1.807) is 4.90 Å². The van der Waals surface area contributed by atoms with Gasteiger partial charge in [0.2, 0.25) is 0 Å². The van der Waals surface area contributed by atoms with Gasteiger partial charge in [0.25, 0.3) is 5.91 Å². The summed E-state index contributed by atoms with van der Waals surface area (Å²) in [5.41, 5.74) is -0.170. The average Bonchev–Trinajstić information content (AvgIpc) is 2.43. The minimum atomic E-state index is -0.802. The molecule has 0 bridgehead atoms. The number of halogens is 3. The van der Waals surface area contributed by atoms with E-state index in [0.717, 1.165) is 18.9 Å². The lowest BCUT2D eigenvalue weighted by Gasteiger charge is -2.30. The standard InChI is InChI=1S/C15H20BrF2NO/c1-4-11(5-2)19(9-8-16)15(20)13-12(17)7-6-10(3)14(13)18/h6-7,11H,4-5,8-9H2,1-3H3. The third-order valence-corrected chi connectivity index (χ3v) is 3.82. The molecule has 1 aromatic carbocycles. The molecule has 0 saturated heterocycles. The van der Waals surface area contributed by atoms with Gasteiger partial charge < -0.3 is 4.90 Å². The van der Waals surface area contributed by atoms with Crippen molar-refractivity contribution in [2.75, 3.05) is 11.9 Å². The number of carbonyl (C=O) groups is 1. The number of hydrogen-bond acceptors (Lipinski definition) is 1. The lowest BCUT2D eigenvalue weighted by molar-refractivity contribution is 0.0672. The quantitative estimate of drug-likeness (QED) is 0.702. The number of alkyl halides is 1. The van der Waals surface area contributed by atoms with E-state index >= 15 is 0 Å². The topological polar surface area (TPSA) is 20.3 Å². The number of carbonyl (C=O) groups excluding carboxylic acids is 1. The predicted molar refractivity (Wildman–Crippen MR) is 80.3 cm³/mol. The zero-order valence-electron chi connectivity index (χ0n) is 12.0. The van der Waals surface area contributed by atoms with Crippen molar-refractivity contribution >= 4 is 21.8 Å². The van der Waals surface area contributed by atoms with Gasteiger partial charge >= 0.3 is 0 Å². The zero-order chi connectivity index (χ0) is 15.3. The van der Waals surface area contributed by atoms with Gasteiger partial charge in [0.1, 0.15) is 17.2 Å². The molecule has 0 aliphatic heterocycles. The molecule has 5 heteroatoms. The summed E-state index contributed by atoms with van der Waals surface area (Å²) in [5.74, 6) is -2.14. The van der Waals surface area contributed by atoms with Crippen molar-refractivity contribution in [3.63, 3.8) is 0 Å². The van der Waals surface area contributed by atoms with Crippen LogP contribution in [0.15, 0.2) is 12.1 Å². The van der Waals surface area contributed by atoms with Gasteiger partial charge in [-0.1, -0.05) is 35.8 Å². The van der Waals surface area contributed by atoms with Crippen molar-refractivity contribution in [2.45, 2.75) is 39.7 Å². The summed E-state index contributed by atoms with van der Waals surface area (Å²) in [6, 6.07) is 2.47. The molecule has 1 amide bonds. The summed E-state index contributed by atoms with van der Waals surface area (Å²) in [6.07, 6.45) is 1.51. The van der Waals surface area contributed by atoms with Gasteiger partial charge in [-0.3, -0.25) is 4.79 Å². The van der Waals surface area contributed by atoms with Crippen LogP contribution in [0.25, 0.3) is 0 Å². The lowest BCUT2D eigenvalue weighted by atomic mass is 10.1.